The van der Waals surface area contributed by atoms with Gasteiger partial charge in [-0.3, -0.25) is 4.48 Å². The van der Waals surface area contributed by atoms with Crippen molar-refractivity contribution >= 4 is 8.03 Å². The molecule has 196 valence electrons. The van der Waals surface area contributed by atoms with Crippen LogP contribution in [-0.2, 0) is 4.57 Å². The average molecular weight is 485 g/mol. The Morgan fingerprint density at radius 2 is 1.00 bits per heavy atom. The predicted octanol–water partition coefficient (Wildman–Crippen LogP) is 9.28. The lowest BCUT2D eigenvalue weighted by molar-refractivity contribution is -0.910. The Hall–Kier alpha value is -0.240. The zero-order valence-corrected chi connectivity index (χ0v) is 24.1. The summed E-state index contributed by atoms with van der Waals surface area (Å²) in [5.41, 5.74) is 0. The third kappa shape index (κ3) is 16.1. The Morgan fingerprint density at radius 1 is 0.636 bits per heavy atom. The second-order valence-electron chi connectivity index (χ2n) is 11.1. The average Bonchev–Trinajstić information content (AvgIpc) is 2.76. The second kappa shape index (κ2) is 21.1. The molecule has 0 saturated heterocycles. The molecule has 0 aromatic heterocycles. The predicted molar refractivity (Wildman–Crippen MR) is 146 cm³/mol. The van der Waals surface area contributed by atoms with Gasteiger partial charge in [0, 0.05) is 12.8 Å². The molecule has 4 heteroatoms. The summed E-state index contributed by atoms with van der Waals surface area (Å²) >= 11 is 0. The zero-order valence-electron chi connectivity index (χ0n) is 23.2. The monoisotopic (exact) mass is 484 g/mol. The van der Waals surface area contributed by atoms with Crippen LogP contribution in [0.2, 0.25) is 0 Å². The fraction of sp³-hybridized carbons (Fsp3) is 0.931. The zero-order chi connectivity index (χ0) is 24.8. The van der Waals surface area contributed by atoms with Gasteiger partial charge in [-0.25, -0.2) is 0 Å². The van der Waals surface area contributed by atoms with E-state index in [0.717, 1.165) is 12.8 Å². The van der Waals surface area contributed by atoms with Crippen molar-refractivity contribution in [1.82, 2.24) is 0 Å². The van der Waals surface area contributed by atoms with Crippen molar-refractivity contribution < 1.29 is 13.9 Å². The summed E-state index contributed by atoms with van der Waals surface area (Å²) in [5.74, 6) is 0. The molecule has 0 fully saturated rings. The molecule has 0 radical (unpaired) electrons. The summed E-state index contributed by atoms with van der Waals surface area (Å²) in [6.45, 7) is 4.29. The lowest BCUT2D eigenvalue weighted by Crippen LogP contribution is -2.55. The molecule has 2 atom stereocenters. The molecule has 0 heterocycles. The molecule has 0 amide bonds. The summed E-state index contributed by atoms with van der Waals surface area (Å²) < 4.78 is 12.5. The van der Waals surface area contributed by atoms with Crippen LogP contribution in [-0.4, -0.2) is 30.9 Å². The van der Waals surface area contributed by atoms with Gasteiger partial charge in [-0.2, -0.15) is 0 Å². The number of hydrogen-bond acceptors (Lipinski definition) is 2. The highest BCUT2D eigenvalue weighted by atomic mass is 31.1. The van der Waals surface area contributed by atoms with Crippen LogP contribution in [0.15, 0.2) is 12.2 Å². The maximum Gasteiger partial charge on any atom is 0.376 e. The quantitative estimate of drug-likeness (QED) is 0.0592. The van der Waals surface area contributed by atoms with Crippen molar-refractivity contribution in [2.24, 2.45) is 0 Å². The molecule has 0 spiro atoms. The maximum absolute atomic E-state index is 12.0. The fourth-order valence-electron chi connectivity index (χ4n) is 4.99. The standard InChI is InChI=1S/C29H59NO2P/c1-6-8-9-10-11-12-13-14-15-16-17-18-19-20-21-22-23-24-25-26-27-28-29(7-2,33(31)32)30(3,4)5/h12-13H,6-11,14-28H2,1-5H3/q+1/b13-12-. The molecule has 0 rings (SSSR count). The van der Waals surface area contributed by atoms with E-state index in [9.17, 15) is 9.46 Å². The Balaban J connectivity index is 3.47. The molecular weight excluding hydrogens is 425 g/mol. The second-order valence-corrected chi connectivity index (χ2v) is 12.4. The van der Waals surface area contributed by atoms with Crippen molar-refractivity contribution in [2.75, 3.05) is 21.1 Å². The maximum atomic E-state index is 12.0. The van der Waals surface area contributed by atoms with Crippen LogP contribution in [0.5, 0.6) is 0 Å². The van der Waals surface area contributed by atoms with Crippen LogP contribution in [0.4, 0.5) is 0 Å². The number of rotatable bonds is 24. The number of unbranched alkanes of at least 4 members (excludes halogenated alkanes) is 17. The van der Waals surface area contributed by atoms with Gasteiger partial charge in [-0.15, -0.1) is 0 Å². The Bertz CT molecular complexity index is 487. The minimum Gasteiger partial charge on any atom is -0.590 e. The van der Waals surface area contributed by atoms with Crippen molar-refractivity contribution in [1.29, 1.82) is 0 Å². The summed E-state index contributed by atoms with van der Waals surface area (Å²) in [6, 6.07) is 0. The van der Waals surface area contributed by atoms with E-state index in [0.29, 0.717) is 10.9 Å². The molecule has 0 aromatic carbocycles. The number of hydrogen-bond donors (Lipinski definition) is 0. The first-order valence-electron chi connectivity index (χ1n) is 14.4. The van der Waals surface area contributed by atoms with Gasteiger partial charge in [0.15, 0.2) is 0 Å². The van der Waals surface area contributed by atoms with Crippen LogP contribution in [0.1, 0.15) is 149 Å². The van der Waals surface area contributed by atoms with Crippen molar-refractivity contribution in [3.8, 4) is 0 Å². The van der Waals surface area contributed by atoms with E-state index in [-0.39, 0.29) is 0 Å². The van der Waals surface area contributed by atoms with Gasteiger partial charge >= 0.3 is 8.03 Å². The third-order valence-corrected chi connectivity index (χ3v) is 9.31. The van der Waals surface area contributed by atoms with E-state index >= 15 is 0 Å². The lowest BCUT2D eigenvalue weighted by Gasteiger charge is -2.39. The van der Waals surface area contributed by atoms with Gasteiger partial charge in [0.1, 0.15) is 0 Å². The Labute approximate surface area is 209 Å². The Morgan fingerprint density at radius 3 is 1.33 bits per heavy atom. The smallest absolute Gasteiger partial charge is 0.376 e. The molecule has 0 aliphatic heterocycles. The van der Waals surface area contributed by atoms with E-state index < -0.39 is 13.3 Å². The lowest BCUT2D eigenvalue weighted by atomic mass is 10.0. The number of allylic oxidation sites excluding steroid dienone is 2. The first kappa shape index (κ1) is 32.8. The van der Waals surface area contributed by atoms with E-state index in [1.54, 1.807) is 0 Å². The molecule has 0 N–H and O–H groups in total. The van der Waals surface area contributed by atoms with E-state index in [1.807, 2.05) is 28.1 Å². The Kier molecular flexibility index (Phi) is 20.9. The van der Waals surface area contributed by atoms with Crippen LogP contribution < -0.4 is 4.89 Å². The van der Waals surface area contributed by atoms with Gasteiger partial charge < -0.3 is 4.89 Å². The molecule has 0 aromatic rings. The minimum absolute atomic E-state index is 0.512. The SMILES string of the molecule is CCCCCC/C=C\CCCCCCCCCCCCCCCC(CC)([P+](=O)[O-])[N+](C)(C)C. The molecule has 3 nitrogen and oxygen atoms in total. The molecular formula is C29H59NO2P+. The molecule has 2 unspecified atom stereocenters. The summed E-state index contributed by atoms with van der Waals surface area (Å²) in [6.07, 6.45) is 31.6. The van der Waals surface area contributed by atoms with Gasteiger partial charge in [0.25, 0.3) is 5.28 Å². The molecule has 0 aliphatic rings. The van der Waals surface area contributed by atoms with Crippen LogP contribution in [0.25, 0.3) is 0 Å². The van der Waals surface area contributed by atoms with Gasteiger partial charge in [-0.05, 0) is 32.1 Å². The summed E-state index contributed by atoms with van der Waals surface area (Å²) in [5, 5.41) is -0.597. The van der Waals surface area contributed by atoms with Gasteiger partial charge in [0.2, 0.25) is 0 Å². The third-order valence-electron chi connectivity index (χ3n) is 7.49. The number of quaternary nitrogens is 1. The molecule has 0 saturated carbocycles. The van der Waals surface area contributed by atoms with Crippen LogP contribution in [0.3, 0.4) is 0 Å². The van der Waals surface area contributed by atoms with Crippen molar-refractivity contribution in [3.05, 3.63) is 12.2 Å². The van der Waals surface area contributed by atoms with Gasteiger partial charge in [-0.1, -0.05) is 120 Å². The first-order chi connectivity index (χ1) is 15.8. The molecule has 0 aliphatic carbocycles. The van der Waals surface area contributed by atoms with E-state index in [4.69, 9.17) is 0 Å². The first-order valence-corrected chi connectivity index (χ1v) is 15.6. The fourth-order valence-corrected chi connectivity index (χ4v) is 6.08. The highest BCUT2D eigenvalue weighted by Gasteiger charge is 2.52. The van der Waals surface area contributed by atoms with Crippen LogP contribution >= 0.6 is 8.03 Å². The van der Waals surface area contributed by atoms with Crippen molar-refractivity contribution in [3.63, 3.8) is 0 Å². The highest BCUT2D eigenvalue weighted by molar-refractivity contribution is 7.38. The topological polar surface area (TPSA) is 40.1 Å². The summed E-state index contributed by atoms with van der Waals surface area (Å²) in [7, 11) is 3.64. The highest BCUT2D eigenvalue weighted by Crippen LogP contribution is 2.44. The van der Waals surface area contributed by atoms with E-state index in [1.165, 1.54) is 116 Å². The molecule has 33 heavy (non-hydrogen) atoms. The summed E-state index contributed by atoms with van der Waals surface area (Å²) in [4.78, 5) is 12.0. The minimum atomic E-state index is -2.41. The number of nitrogens with zero attached hydrogens (tertiary/aromatic N) is 1. The molecule has 0 bridgehead atoms. The normalized spacial score (nSPS) is 14.7. The van der Waals surface area contributed by atoms with Crippen molar-refractivity contribution in [2.45, 2.75) is 154 Å². The van der Waals surface area contributed by atoms with E-state index in [2.05, 4.69) is 19.1 Å². The van der Waals surface area contributed by atoms with Gasteiger partial charge in [0.05, 0.1) is 21.1 Å². The van der Waals surface area contributed by atoms with Crippen LogP contribution in [0, 0.1) is 0 Å². The largest absolute Gasteiger partial charge is 0.590 e.